The van der Waals surface area contributed by atoms with Crippen molar-refractivity contribution in [1.29, 1.82) is 0 Å². The largest absolute Gasteiger partial charge is 0.338 e. The van der Waals surface area contributed by atoms with E-state index in [1.807, 2.05) is 0 Å². The van der Waals surface area contributed by atoms with Crippen LogP contribution in [0.2, 0.25) is 0 Å². The quantitative estimate of drug-likeness (QED) is 0.855. The lowest BCUT2D eigenvalue weighted by Crippen LogP contribution is -2.31. The summed E-state index contributed by atoms with van der Waals surface area (Å²) >= 11 is 0. The molecule has 0 aromatic carbocycles. The Labute approximate surface area is 96.8 Å². The van der Waals surface area contributed by atoms with E-state index in [1.165, 1.54) is 12.8 Å². The van der Waals surface area contributed by atoms with Crippen molar-refractivity contribution in [1.82, 2.24) is 15.5 Å². The number of nitrogens with zero attached hydrogens (tertiary/aromatic N) is 2. The van der Waals surface area contributed by atoms with E-state index in [4.69, 9.17) is 4.52 Å². The van der Waals surface area contributed by atoms with Gasteiger partial charge < -0.3 is 9.84 Å². The third kappa shape index (κ3) is 2.43. The summed E-state index contributed by atoms with van der Waals surface area (Å²) in [6.45, 7) is 7.47. The number of piperidine rings is 1. The van der Waals surface area contributed by atoms with Crippen molar-refractivity contribution in [2.45, 2.75) is 52.0 Å². The first-order valence-electron chi connectivity index (χ1n) is 6.27. The molecule has 1 fully saturated rings. The fourth-order valence-corrected chi connectivity index (χ4v) is 2.18. The molecule has 2 rings (SSSR count). The minimum Gasteiger partial charge on any atom is -0.338 e. The van der Waals surface area contributed by atoms with E-state index in [0.29, 0.717) is 5.92 Å². The summed E-state index contributed by atoms with van der Waals surface area (Å²) in [6.07, 6.45) is 3.62. The van der Waals surface area contributed by atoms with Crippen LogP contribution in [0.15, 0.2) is 4.52 Å². The Morgan fingerprint density at radius 1 is 1.50 bits per heavy atom. The number of aromatic nitrogens is 2. The third-order valence-corrected chi connectivity index (χ3v) is 3.36. The Morgan fingerprint density at radius 3 is 2.94 bits per heavy atom. The fraction of sp³-hybridized carbons (Fsp3) is 0.833. The highest BCUT2D eigenvalue weighted by Gasteiger charge is 2.26. The average Bonchev–Trinajstić information content (AvgIpc) is 2.78. The highest BCUT2D eigenvalue weighted by atomic mass is 16.5. The van der Waals surface area contributed by atoms with Gasteiger partial charge in [0.25, 0.3) is 0 Å². The monoisotopic (exact) mass is 223 g/mol. The van der Waals surface area contributed by atoms with Gasteiger partial charge in [0.1, 0.15) is 0 Å². The molecule has 0 saturated carbocycles. The van der Waals surface area contributed by atoms with Crippen molar-refractivity contribution in [3.63, 3.8) is 0 Å². The van der Waals surface area contributed by atoms with Crippen molar-refractivity contribution in [2.24, 2.45) is 5.92 Å². The van der Waals surface area contributed by atoms with Crippen molar-refractivity contribution >= 4 is 0 Å². The first-order valence-corrected chi connectivity index (χ1v) is 6.27. The zero-order valence-electron chi connectivity index (χ0n) is 10.4. The topological polar surface area (TPSA) is 51.0 Å². The van der Waals surface area contributed by atoms with Gasteiger partial charge in [0.15, 0.2) is 5.82 Å². The Morgan fingerprint density at radius 2 is 2.31 bits per heavy atom. The molecular weight excluding hydrogens is 202 g/mol. The molecule has 1 N–H and O–H groups in total. The van der Waals surface area contributed by atoms with Gasteiger partial charge in [0, 0.05) is 5.92 Å². The van der Waals surface area contributed by atoms with Crippen LogP contribution in [0.25, 0.3) is 0 Å². The van der Waals surface area contributed by atoms with Crippen LogP contribution in [-0.2, 0) is 0 Å². The van der Waals surface area contributed by atoms with Crippen LogP contribution in [0.5, 0.6) is 0 Å². The average molecular weight is 223 g/mol. The Balaban J connectivity index is 2.05. The predicted octanol–water partition coefficient (Wildman–Crippen LogP) is 2.64. The first-order chi connectivity index (χ1) is 7.70. The molecule has 4 nitrogen and oxygen atoms in total. The van der Waals surface area contributed by atoms with Crippen molar-refractivity contribution in [3.05, 3.63) is 11.7 Å². The van der Waals surface area contributed by atoms with Crippen LogP contribution in [0.4, 0.5) is 0 Å². The molecule has 0 amide bonds. The van der Waals surface area contributed by atoms with E-state index in [9.17, 15) is 0 Å². The highest BCUT2D eigenvalue weighted by molar-refractivity contribution is 4.98. The molecule has 90 valence electrons. The van der Waals surface area contributed by atoms with Gasteiger partial charge in [-0.2, -0.15) is 4.98 Å². The number of rotatable bonds is 3. The third-order valence-electron chi connectivity index (χ3n) is 3.36. The molecule has 2 atom stereocenters. The molecule has 1 aromatic heterocycles. The zero-order valence-corrected chi connectivity index (χ0v) is 10.4. The molecule has 1 aliphatic heterocycles. The fourth-order valence-electron chi connectivity index (χ4n) is 2.18. The summed E-state index contributed by atoms with van der Waals surface area (Å²) in [5.74, 6) is 2.71. The zero-order chi connectivity index (χ0) is 11.5. The summed E-state index contributed by atoms with van der Waals surface area (Å²) in [7, 11) is 0. The molecule has 0 radical (unpaired) electrons. The van der Waals surface area contributed by atoms with Crippen molar-refractivity contribution in [2.75, 3.05) is 6.54 Å². The molecule has 0 spiro atoms. The number of nitrogens with one attached hydrogen (secondary N) is 1. The first kappa shape index (κ1) is 11.6. The van der Waals surface area contributed by atoms with Gasteiger partial charge in [0.05, 0.1) is 6.04 Å². The summed E-state index contributed by atoms with van der Waals surface area (Å²) < 4.78 is 5.33. The lowest BCUT2D eigenvalue weighted by molar-refractivity contribution is 0.245. The van der Waals surface area contributed by atoms with Gasteiger partial charge in [-0.05, 0) is 25.3 Å². The number of hydrogen-bond acceptors (Lipinski definition) is 4. The lowest BCUT2D eigenvalue weighted by atomic mass is 9.90. The standard InChI is InChI=1S/C12H21N3O/c1-4-9-5-6-13-10(7-9)12-14-11(8(2)3)15-16-12/h8-10,13H,4-7H2,1-3H3. The van der Waals surface area contributed by atoms with Crippen LogP contribution in [-0.4, -0.2) is 16.7 Å². The van der Waals surface area contributed by atoms with E-state index in [2.05, 4.69) is 36.2 Å². The molecule has 2 unspecified atom stereocenters. The minimum atomic E-state index is 0.263. The van der Waals surface area contributed by atoms with Gasteiger partial charge >= 0.3 is 0 Å². The van der Waals surface area contributed by atoms with Gasteiger partial charge in [0.2, 0.25) is 5.89 Å². The maximum absolute atomic E-state index is 5.33. The highest BCUT2D eigenvalue weighted by Crippen LogP contribution is 2.28. The summed E-state index contributed by atoms with van der Waals surface area (Å²) in [5.41, 5.74) is 0. The summed E-state index contributed by atoms with van der Waals surface area (Å²) in [5, 5.41) is 7.47. The minimum absolute atomic E-state index is 0.263. The molecule has 1 aliphatic rings. The van der Waals surface area contributed by atoms with Crippen molar-refractivity contribution in [3.8, 4) is 0 Å². The van der Waals surface area contributed by atoms with Crippen LogP contribution in [0, 0.1) is 5.92 Å². The SMILES string of the molecule is CCC1CCNC(c2nc(C(C)C)no2)C1. The molecule has 2 heterocycles. The Bertz CT molecular complexity index is 335. The lowest BCUT2D eigenvalue weighted by Gasteiger charge is -2.27. The second-order valence-corrected chi connectivity index (χ2v) is 4.95. The summed E-state index contributed by atoms with van der Waals surface area (Å²) in [4.78, 5) is 4.46. The van der Waals surface area contributed by atoms with Crippen LogP contribution in [0.3, 0.4) is 0 Å². The maximum Gasteiger partial charge on any atom is 0.243 e. The normalized spacial score (nSPS) is 26.2. The van der Waals surface area contributed by atoms with E-state index in [-0.39, 0.29) is 6.04 Å². The van der Waals surface area contributed by atoms with E-state index < -0.39 is 0 Å². The smallest absolute Gasteiger partial charge is 0.243 e. The summed E-state index contributed by atoms with van der Waals surface area (Å²) in [6, 6.07) is 0.263. The Kier molecular flexibility index (Phi) is 3.59. The molecular formula is C12H21N3O. The molecule has 16 heavy (non-hydrogen) atoms. The molecule has 0 aliphatic carbocycles. The van der Waals surface area contributed by atoms with Gasteiger partial charge in [-0.3, -0.25) is 0 Å². The van der Waals surface area contributed by atoms with Gasteiger partial charge in [-0.15, -0.1) is 0 Å². The van der Waals surface area contributed by atoms with Gasteiger partial charge in [-0.25, -0.2) is 0 Å². The second kappa shape index (κ2) is 4.95. The van der Waals surface area contributed by atoms with E-state index >= 15 is 0 Å². The Hall–Kier alpha value is -0.900. The maximum atomic E-state index is 5.33. The molecule has 4 heteroatoms. The van der Waals surface area contributed by atoms with Crippen molar-refractivity contribution < 1.29 is 4.52 Å². The molecule has 0 bridgehead atoms. The van der Waals surface area contributed by atoms with E-state index in [0.717, 1.165) is 30.6 Å². The van der Waals surface area contributed by atoms with Crippen LogP contribution in [0.1, 0.15) is 63.7 Å². The predicted molar refractivity (Wildman–Crippen MR) is 62.1 cm³/mol. The molecule has 1 saturated heterocycles. The van der Waals surface area contributed by atoms with Gasteiger partial charge in [-0.1, -0.05) is 32.3 Å². The van der Waals surface area contributed by atoms with Crippen LogP contribution >= 0.6 is 0 Å². The second-order valence-electron chi connectivity index (χ2n) is 4.95. The van der Waals surface area contributed by atoms with Crippen LogP contribution < -0.4 is 5.32 Å². The molecule has 1 aromatic rings. The van der Waals surface area contributed by atoms with E-state index in [1.54, 1.807) is 0 Å². The number of hydrogen-bond donors (Lipinski definition) is 1.